The number of nitrogen functional groups attached to an aromatic ring is 1. The van der Waals surface area contributed by atoms with Crippen molar-refractivity contribution >= 4 is 31.6 Å². The Bertz CT molecular complexity index is 603. The Balaban J connectivity index is 2.24. The van der Waals surface area contributed by atoms with Gasteiger partial charge in [-0.15, -0.1) is 0 Å². The van der Waals surface area contributed by atoms with Crippen LogP contribution >= 0.6 is 15.9 Å². The van der Waals surface area contributed by atoms with Crippen LogP contribution in [0.5, 0.6) is 0 Å². The van der Waals surface area contributed by atoms with E-state index in [1.54, 1.807) is 6.92 Å². The molecule has 0 radical (unpaired) electrons. The SMILES string of the molecule is CC(NS(=O)(=O)c1cc(N)c(F)cc1Br)C1CCCO1. The van der Waals surface area contributed by atoms with Gasteiger partial charge < -0.3 is 10.5 Å². The van der Waals surface area contributed by atoms with Gasteiger partial charge in [-0.1, -0.05) is 0 Å². The van der Waals surface area contributed by atoms with E-state index in [-0.39, 0.29) is 27.2 Å². The number of sulfonamides is 1. The van der Waals surface area contributed by atoms with E-state index < -0.39 is 15.8 Å². The van der Waals surface area contributed by atoms with E-state index in [9.17, 15) is 12.8 Å². The third kappa shape index (κ3) is 3.30. The molecule has 2 rings (SSSR count). The second-order valence-corrected chi connectivity index (χ2v) is 7.30. The minimum atomic E-state index is -3.79. The fourth-order valence-electron chi connectivity index (χ4n) is 2.13. The average molecular weight is 367 g/mol. The Morgan fingerprint density at radius 3 is 2.85 bits per heavy atom. The molecule has 8 heteroatoms. The van der Waals surface area contributed by atoms with Gasteiger partial charge in [-0.3, -0.25) is 0 Å². The number of anilines is 1. The lowest BCUT2D eigenvalue weighted by Crippen LogP contribution is -2.40. The Hall–Kier alpha value is -0.700. The summed E-state index contributed by atoms with van der Waals surface area (Å²) in [4.78, 5) is -0.0822. The molecular weight excluding hydrogens is 351 g/mol. The van der Waals surface area contributed by atoms with Gasteiger partial charge in [0.2, 0.25) is 10.0 Å². The summed E-state index contributed by atoms with van der Waals surface area (Å²) < 4.78 is 46.0. The molecule has 1 aliphatic rings. The van der Waals surface area contributed by atoms with Crippen LogP contribution in [0.4, 0.5) is 10.1 Å². The van der Waals surface area contributed by atoms with Gasteiger partial charge in [0.15, 0.2) is 0 Å². The third-order valence-corrected chi connectivity index (χ3v) is 5.72. The molecule has 1 aliphatic heterocycles. The van der Waals surface area contributed by atoms with Crippen LogP contribution in [-0.2, 0) is 14.8 Å². The zero-order valence-electron chi connectivity index (χ0n) is 10.9. The monoisotopic (exact) mass is 366 g/mol. The second kappa shape index (κ2) is 5.97. The molecule has 1 heterocycles. The van der Waals surface area contributed by atoms with Crippen LogP contribution in [0.1, 0.15) is 19.8 Å². The summed E-state index contributed by atoms with van der Waals surface area (Å²) in [6, 6.07) is 1.78. The van der Waals surface area contributed by atoms with Gasteiger partial charge in [0.05, 0.1) is 16.7 Å². The van der Waals surface area contributed by atoms with Gasteiger partial charge in [-0.05, 0) is 47.8 Å². The lowest BCUT2D eigenvalue weighted by atomic mass is 10.1. The molecule has 2 atom stereocenters. The van der Waals surface area contributed by atoms with Gasteiger partial charge in [0.25, 0.3) is 0 Å². The lowest BCUT2D eigenvalue weighted by molar-refractivity contribution is 0.0902. The highest BCUT2D eigenvalue weighted by atomic mass is 79.9. The maximum atomic E-state index is 13.3. The Kier molecular flexibility index (Phi) is 4.68. The van der Waals surface area contributed by atoms with E-state index in [1.165, 1.54) is 0 Å². The molecule has 3 N–H and O–H groups in total. The number of halogens is 2. The second-order valence-electron chi connectivity index (χ2n) is 4.77. The van der Waals surface area contributed by atoms with Gasteiger partial charge in [0.1, 0.15) is 5.82 Å². The highest BCUT2D eigenvalue weighted by Crippen LogP contribution is 2.27. The predicted molar refractivity (Wildman–Crippen MR) is 77.3 cm³/mol. The molecule has 1 aromatic rings. The zero-order valence-corrected chi connectivity index (χ0v) is 13.3. The largest absolute Gasteiger partial charge is 0.396 e. The van der Waals surface area contributed by atoms with E-state index >= 15 is 0 Å². The molecule has 1 fully saturated rings. The van der Waals surface area contributed by atoms with Crippen molar-refractivity contribution < 1.29 is 17.5 Å². The number of nitrogens with one attached hydrogen (secondary N) is 1. The van der Waals surface area contributed by atoms with E-state index in [0.717, 1.165) is 25.0 Å². The van der Waals surface area contributed by atoms with Crippen molar-refractivity contribution in [3.05, 3.63) is 22.4 Å². The summed E-state index contributed by atoms with van der Waals surface area (Å²) in [5.74, 6) is -0.664. The Morgan fingerprint density at radius 2 is 2.25 bits per heavy atom. The highest BCUT2D eigenvalue weighted by Gasteiger charge is 2.28. The average Bonchev–Trinajstić information content (AvgIpc) is 2.86. The molecule has 5 nitrogen and oxygen atoms in total. The number of hydrogen-bond acceptors (Lipinski definition) is 4. The van der Waals surface area contributed by atoms with Crippen molar-refractivity contribution in [1.29, 1.82) is 0 Å². The smallest absolute Gasteiger partial charge is 0.242 e. The molecule has 0 aromatic heterocycles. The van der Waals surface area contributed by atoms with Crippen LogP contribution in [-0.4, -0.2) is 27.2 Å². The third-order valence-electron chi connectivity index (χ3n) is 3.20. The summed E-state index contributed by atoms with van der Waals surface area (Å²) in [5, 5.41) is 0. The van der Waals surface area contributed by atoms with E-state index in [2.05, 4.69) is 20.7 Å². The fraction of sp³-hybridized carbons (Fsp3) is 0.500. The van der Waals surface area contributed by atoms with Crippen molar-refractivity contribution in [2.45, 2.75) is 36.8 Å². The molecular formula is C12H16BrFN2O3S. The number of nitrogens with two attached hydrogens (primary N) is 1. The number of rotatable bonds is 4. The van der Waals surface area contributed by atoms with Crippen molar-refractivity contribution in [2.75, 3.05) is 12.3 Å². The van der Waals surface area contributed by atoms with Crippen molar-refractivity contribution in [3.8, 4) is 0 Å². The van der Waals surface area contributed by atoms with Crippen LogP contribution in [0.2, 0.25) is 0 Å². The van der Waals surface area contributed by atoms with Gasteiger partial charge >= 0.3 is 0 Å². The minimum Gasteiger partial charge on any atom is -0.396 e. The molecule has 0 amide bonds. The first kappa shape index (κ1) is 15.7. The normalized spacial score (nSPS) is 21.1. The summed E-state index contributed by atoms with van der Waals surface area (Å²) in [5.41, 5.74) is 5.22. The Morgan fingerprint density at radius 1 is 1.55 bits per heavy atom. The van der Waals surface area contributed by atoms with Crippen LogP contribution in [0, 0.1) is 5.82 Å². The van der Waals surface area contributed by atoms with E-state index in [1.807, 2.05) is 0 Å². The lowest BCUT2D eigenvalue weighted by Gasteiger charge is -2.20. The maximum Gasteiger partial charge on any atom is 0.242 e. The van der Waals surface area contributed by atoms with Crippen molar-refractivity contribution in [2.24, 2.45) is 0 Å². The van der Waals surface area contributed by atoms with Crippen molar-refractivity contribution in [3.63, 3.8) is 0 Å². The molecule has 2 unspecified atom stereocenters. The van der Waals surface area contributed by atoms with Crippen LogP contribution in [0.3, 0.4) is 0 Å². The first-order valence-electron chi connectivity index (χ1n) is 6.19. The molecule has 112 valence electrons. The van der Waals surface area contributed by atoms with E-state index in [0.29, 0.717) is 6.61 Å². The number of benzene rings is 1. The van der Waals surface area contributed by atoms with Gasteiger partial charge in [0, 0.05) is 17.1 Å². The molecule has 0 bridgehead atoms. The standard InChI is InChI=1S/C12H16BrFN2O3S/c1-7(11-3-2-4-19-11)16-20(17,18)12-6-10(15)9(14)5-8(12)13/h5-7,11,16H,2-4,15H2,1H3. The molecule has 0 spiro atoms. The zero-order chi connectivity index (χ0) is 14.9. The van der Waals surface area contributed by atoms with Crippen molar-refractivity contribution in [1.82, 2.24) is 4.72 Å². The molecule has 20 heavy (non-hydrogen) atoms. The first-order valence-corrected chi connectivity index (χ1v) is 8.47. The number of ether oxygens (including phenoxy) is 1. The van der Waals surface area contributed by atoms with Gasteiger partial charge in [-0.2, -0.15) is 0 Å². The molecule has 0 saturated carbocycles. The minimum absolute atomic E-state index is 0.0822. The van der Waals surface area contributed by atoms with Crippen LogP contribution < -0.4 is 10.5 Å². The van der Waals surface area contributed by atoms with Gasteiger partial charge in [-0.25, -0.2) is 17.5 Å². The van der Waals surface area contributed by atoms with Crippen LogP contribution in [0.25, 0.3) is 0 Å². The quantitative estimate of drug-likeness (QED) is 0.798. The molecule has 1 saturated heterocycles. The van der Waals surface area contributed by atoms with Crippen LogP contribution in [0.15, 0.2) is 21.5 Å². The Labute approximate surface area is 125 Å². The molecule has 1 aromatic carbocycles. The summed E-state index contributed by atoms with van der Waals surface area (Å²) in [6.45, 7) is 2.39. The summed E-state index contributed by atoms with van der Waals surface area (Å²) in [6.07, 6.45) is 1.60. The van der Waals surface area contributed by atoms with E-state index in [4.69, 9.17) is 10.5 Å². The first-order chi connectivity index (χ1) is 9.31. The fourth-order valence-corrected chi connectivity index (χ4v) is 4.45. The highest BCUT2D eigenvalue weighted by molar-refractivity contribution is 9.10. The maximum absolute atomic E-state index is 13.3. The number of hydrogen-bond donors (Lipinski definition) is 2. The summed E-state index contributed by atoms with van der Waals surface area (Å²) >= 11 is 3.04. The topological polar surface area (TPSA) is 81.4 Å². The summed E-state index contributed by atoms with van der Waals surface area (Å²) in [7, 11) is -3.79. The predicted octanol–water partition coefficient (Wildman–Crippen LogP) is 2.02. The molecule has 0 aliphatic carbocycles.